The Balaban J connectivity index is 0. The number of hydrogen-bond acceptors (Lipinski definition) is 4. The van der Waals surface area contributed by atoms with E-state index in [1.165, 1.54) is 0 Å². The summed E-state index contributed by atoms with van der Waals surface area (Å²) in [7, 11) is 0. The Morgan fingerprint density at radius 3 is 1.94 bits per heavy atom. The number of aliphatic hydroxyl groups is 1. The number of aliphatic carboxylic acids is 2. The van der Waals surface area contributed by atoms with Gasteiger partial charge in [0, 0.05) is 13.5 Å². The van der Waals surface area contributed by atoms with E-state index in [-0.39, 0.29) is 78.5 Å². The molecule has 1 saturated heterocycles. The van der Waals surface area contributed by atoms with E-state index in [2.05, 4.69) is 0 Å². The van der Waals surface area contributed by atoms with Crippen molar-refractivity contribution in [3.63, 3.8) is 0 Å². The SMILES string of the molecule is CC(=O)N1C[C@@H](O)CCC1(C(=O)O)C(=O)O.[NaH].[NaH]. The molecule has 3 N–H and O–H groups in total. The molecule has 0 radical (unpaired) electrons. The standard InChI is InChI=1S/C9H13NO6.2Na.2H/c1-5(11)10-4-6(12)2-3-9(10,7(13)14)8(15)16;;;;/h6,12H,2-4H2,1H3,(H,13,14)(H,15,16);;;;/t6-;;;;/m0..../s1. The summed E-state index contributed by atoms with van der Waals surface area (Å²) in [5, 5.41) is 27.4. The van der Waals surface area contributed by atoms with Gasteiger partial charge in [-0.3, -0.25) is 4.79 Å². The number of likely N-dealkylation sites (tertiary alicyclic amines) is 1. The Bertz CT molecular complexity index is 334. The number of piperidine rings is 1. The van der Waals surface area contributed by atoms with Crippen molar-refractivity contribution >= 4 is 77.0 Å². The molecule has 0 aliphatic carbocycles. The molecule has 7 nitrogen and oxygen atoms in total. The second-order valence-corrected chi connectivity index (χ2v) is 3.79. The molecule has 1 aliphatic heterocycles. The molecule has 0 aromatic carbocycles. The normalized spacial score (nSPS) is 21.2. The van der Waals surface area contributed by atoms with Gasteiger partial charge in [0.2, 0.25) is 11.4 Å². The number of aliphatic hydroxyl groups excluding tert-OH is 1. The third-order valence-corrected chi connectivity index (χ3v) is 2.78. The van der Waals surface area contributed by atoms with Gasteiger partial charge in [-0.1, -0.05) is 0 Å². The van der Waals surface area contributed by atoms with Gasteiger partial charge in [0.25, 0.3) is 0 Å². The summed E-state index contributed by atoms with van der Waals surface area (Å²) in [5.74, 6) is -3.84. The van der Waals surface area contributed by atoms with Crippen LogP contribution in [0, 0.1) is 0 Å². The van der Waals surface area contributed by atoms with Crippen LogP contribution < -0.4 is 0 Å². The molecular weight excluding hydrogens is 264 g/mol. The summed E-state index contributed by atoms with van der Waals surface area (Å²) in [4.78, 5) is 34.1. The van der Waals surface area contributed by atoms with Crippen molar-refractivity contribution in [2.24, 2.45) is 0 Å². The zero-order valence-corrected chi connectivity index (χ0v) is 8.71. The Kier molecular flexibility index (Phi) is 9.01. The predicted octanol–water partition coefficient (Wildman–Crippen LogP) is -2.40. The molecule has 0 aromatic heterocycles. The summed E-state index contributed by atoms with van der Waals surface area (Å²) in [5.41, 5.74) is -2.24. The Hall–Kier alpha value is 0.370. The summed E-state index contributed by atoms with van der Waals surface area (Å²) in [6, 6.07) is 0. The number of carbonyl (C=O) groups excluding carboxylic acids is 1. The average Bonchev–Trinajstić information content (AvgIpc) is 2.16. The van der Waals surface area contributed by atoms with E-state index < -0.39 is 29.5 Å². The summed E-state index contributed by atoms with van der Waals surface area (Å²) >= 11 is 0. The summed E-state index contributed by atoms with van der Waals surface area (Å²) in [6.07, 6.45) is -1.13. The first kappa shape index (κ1) is 20.7. The maximum atomic E-state index is 11.3. The van der Waals surface area contributed by atoms with E-state index in [4.69, 9.17) is 10.2 Å². The molecule has 0 aromatic rings. The Labute approximate surface area is 148 Å². The third kappa shape index (κ3) is 3.69. The fourth-order valence-corrected chi connectivity index (χ4v) is 1.90. The first-order chi connectivity index (χ1) is 7.32. The summed E-state index contributed by atoms with van der Waals surface area (Å²) < 4.78 is 0. The number of carboxylic acid groups (broad SMARTS) is 2. The number of hydrogen-bond donors (Lipinski definition) is 3. The van der Waals surface area contributed by atoms with Crippen LogP contribution in [0.2, 0.25) is 0 Å². The van der Waals surface area contributed by atoms with Crippen molar-refractivity contribution in [2.75, 3.05) is 6.54 Å². The van der Waals surface area contributed by atoms with Crippen molar-refractivity contribution < 1.29 is 29.7 Å². The minimum absolute atomic E-state index is 0. The van der Waals surface area contributed by atoms with Crippen LogP contribution in [-0.2, 0) is 14.4 Å². The van der Waals surface area contributed by atoms with E-state index in [0.717, 1.165) is 6.92 Å². The van der Waals surface area contributed by atoms with Crippen molar-refractivity contribution in [3.8, 4) is 0 Å². The zero-order valence-electron chi connectivity index (χ0n) is 8.71. The van der Waals surface area contributed by atoms with Crippen LogP contribution in [0.4, 0.5) is 0 Å². The number of rotatable bonds is 2. The van der Waals surface area contributed by atoms with Gasteiger partial charge in [0.1, 0.15) is 0 Å². The number of amides is 1. The second kappa shape index (κ2) is 7.84. The van der Waals surface area contributed by atoms with Crippen molar-refractivity contribution in [2.45, 2.75) is 31.4 Å². The monoisotopic (exact) mass is 279 g/mol. The fourth-order valence-electron chi connectivity index (χ4n) is 1.90. The molecule has 94 valence electrons. The van der Waals surface area contributed by atoms with Crippen LogP contribution >= 0.6 is 0 Å². The quantitative estimate of drug-likeness (QED) is 0.383. The van der Waals surface area contributed by atoms with Crippen LogP contribution in [0.1, 0.15) is 19.8 Å². The molecule has 1 fully saturated rings. The van der Waals surface area contributed by atoms with E-state index >= 15 is 0 Å². The van der Waals surface area contributed by atoms with Gasteiger partial charge in [-0.05, 0) is 12.8 Å². The van der Waals surface area contributed by atoms with Crippen LogP contribution in [-0.4, -0.2) is 115 Å². The van der Waals surface area contributed by atoms with Gasteiger partial charge in [0.05, 0.1) is 6.10 Å². The van der Waals surface area contributed by atoms with Gasteiger partial charge >= 0.3 is 71.1 Å². The molecule has 1 rings (SSSR count). The molecule has 0 spiro atoms. The van der Waals surface area contributed by atoms with Gasteiger partial charge < -0.3 is 20.2 Å². The van der Waals surface area contributed by atoms with Gasteiger partial charge in [0.15, 0.2) is 0 Å². The Morgan fingerprint density at radius 2 is 1.61 bits per heavy atom. The molecule has 0 saturated carbocycles. The molecule has 0 bridgehead atoms. The number of carboxylic acids is 2. The zero-order chi connectivity index (χ0) is 12.5. The van der Waals surface area contributed by atoms with E-state index in [1.807, 2.05) is 0 Å². The van der Waals surface area contributed by atoms with E-state index in [1.54, 1.807) is 0 Å². The van der Waals surface area contributed by atoms with Crippen molar-refractivity contribution in [3.05, 3.63) is 0 Å². The van der Waals surface area contributed by atoms with Crippen molar-refractivity contribution in [1.29, 1.82) is 0 Å². The van der Waals surface area contributed by atoms with Gasteiger partial charge in [-0.25, -0.2) is 9.59 Å². The Morgan fingerprint density at radius 1 is 1.17 bits per heavy atom. The number of β-amino-alcohol motifs (C(OH)–C–C–N with tert-alkyl or cyclic N) is 1. The molecular formula is C9H15NNa2O6. The summed E-state index contributed by atoms with van der Waals surface area (Å²) in [6.45, 7) is 0.812. The number of carbonyl (C=O) groups is 3. The first-order valence-corrected chi connectivity index (χ1v) is 4.75. The fraction of sp³-hybridized carbons (Fsp3) is 0.667. The van der Waals surface area contributed by atoms with Crippen LogP contribution in [0.15, 0.2) is 0 Å². The number of nitrogens with zero attached hydrogens (tertiary/aromatic N) is 1. The molecule has 18 heavy (non-hydrogen) atoms. The van der Waals surface area contributed by atoms with Crippen LogP contribution in [0.5, 0.6) is 0 Å². The molecule has 1 atom stereocenters. The molecule has 1 amide bonds. The van der Waals surface area contributed by atoms with E-state index in [0.29, 0.717) is 4.90 Å². The van der Waals surface area contributed by atoms with Crippen LogP contribution in [0.3, 0.4) is 0 Å². The third-order valence-electron chi connectivity index (χ3n) is 2.78. The van der Waals surface area contributed by atoms with Gasteiger partial charge in [-0.15, -0.1) is 0 Å². The minimum atomic E-state index is -2.24. The molecule has 9 heteroatoms. The van der Waals surface area contributed by atoms with E-state index in [9.17, 15) is 19.5 Å². The van der Waals surface area contributed by atoms with Crippen molar-refractivity contribution in [1.82, 2.24) is 4.90 Å². The average molecular weight is 279 g/mol. The molecule has 0 unspecified atom stereocenters. The maximum absolute atomic E-state index is 11.3. The van der Waals surface area contributed by atoms with Gasteiger partial charge in [-0.2, -0.15) is 0 Å². The second-order valence-electron chi connectivity index (χ2n) is 3.79. The first-order valence-electron chi connectivity index (χ1n) is 4.75. The molecule has 1 aliphatic rings. The predicted molar refractivity (Wildman–Crippen MR) is 64.9 cm³/mol. The molecule has 1 heterocycles. The van der Waals surface area contributed by atoms with Crippen LogP contribution in [0.25, 0.3) is 0 Å². The topological polar surface area (TPSA) is 115 Å².